The molecule has 0 saturated heterocycles. The predicted molar refractivity (Wildman–Crippen MR) is 82.1 cm³/mol. The van der Waals surface area contributed by atoms with Crippen LogP contribution in [0.1, 0.15) is 26.7 Å². The summed E-state index contributed by atoms with van der Waals surface area (Å²) in [6.07, 6.45) is 4.01. The smallest absolute Gasteiger partial charge is 0.143 e. The number of rotatable bonds is 6. The molecule has 96 valence electrons. The van der Waals surface area contributed by atoms with E-state index >= 15 is 0 Å². The Labute approximate surface area is 125 Å². The van der Waals surface area contributed by atoms with Crippen molar-refractivity contribution in [3.8, 4) is 0 Å². The third kappa shape index (κ3) is 4.11. The SMILES string of the molecule is CCC(CC)N(CCCl)c1ncc(Br)cc1Br. The predicted octanol–water partition coefficient (Wildman–Crippen LogP) is 4.84. The van der Waals surface area contributed by atoms with Gasteiger partial charge in [0, 0.05) is 29.1 Å². The third-order valence-electron chi connectivity index (χ3n) is 2.77. The quantitative estimate of drug-likeness (QED) is 0.653. The van der Waals surface area contributed by atoms with E-state index in [9.17, 15) is 0 Å². The first-order valence-electron chi connectivity index (χ1n) is 5.77. The van der Waals surface area contributed by atoms with E-state index in [0.29, 0.717) is 11.9 Å². The van der Waals surface area contributed by atoms with E-state index in [1.165, 1.54) is 0 Å². The summed E-state index contributed by atoms with van der Waals surface area (Å²) >= 11 is 12.9. The molecule has 1 aromatic rings. The molecule has 1 rings (SSSR count). The van der Waals surface area contributed by atoms with Crippen molar-refractivity contribution in [2.45, 2.75) is 32.7 Å². The molecule has 0 aliphatic rings. The maximum absolute atomic E-state index is 5.89. The van der Waals surface area contributed by atoms with E-state index in [1.807, 2.05) is 12.3 Å². The summed E-state index contributed by atoms with van der Waals surface area (Å²) in [5.74, 6) is 1.59. The van der Waals surface area contributed by atoms with Crippen LogP contribution in [0, 0.1) is 0 Å². The van der Waals surface area contributed by atoms with Crippen molar-refractivity contribution in [1.29, 1.82) is 0 Å². The van der Waals surface area contributed by atoms with Crippen LogP contribution < -0.4 is 4.90 Å². The molecule has 0 aliphatic heterocycles. The van der Waals surface area contributed by atoms with Gasteiger partial charge in [0.1, 0.15) is 5.82 Å². The number of anilines is 1. The average molecular weight is 385 g/mol. The summed E-state index contributed by atoms with van der Waals surface area (Å²) in [7, 11) is 0. The number of hydrogen-bond donors (Lipinski definition) is 0. The first kappa shape index (κ1) is 15.3. The fraction of sp³-hybridized carbons (Fsp3) is 0.583. The minimum absolute atomic E-state index is 0.485. The maximum Gasteiger partial charge on any atom is 0.143 e. The van der Waals surface area contributed by atoms with Gasteiger partial charge < -0.3 is 4.90 Å². The normalized spacial score (nSPS) is 10.9. The summed E-state index contributed by atoms with van der Waals surface area (Å²) in [5.41, 5.74) is 0. The fourth-order valence-electron chi connectivity index (χ4n) is 1.90. The highest BCUT2D eigenvalue weighted by molar-refractivity contribution is 9.11. The third-order valence-corrected chi connectivity index (χ3v) is 3.96. The Morgan fingerprint density at radius 2 is 2.00 bits per heavy atom. The van der Waals surface area contributed by atoms with Crippen LogP contribution in [0.5, 0.6) is 0 Å². The highest BCUT2D eigenvalue weighted by atomic mass is 79.9. The summed E-state index contributed by atoms with van der Waals surface area (Å²) < 4.78 is 1.98. The second-order valence-electron chi connectivity index (χ2n) is 3.81. The first-order valence-corrected chi connectivity index (χ1v) is 7.89. The van der Waals surface area contributed by atoms with Crippen LogP contribution in [0.25, 0.3) is 0 Å². The molecule has 2 nitrogen and oxygen atoms in total. The van der Waals surface area contributed by atoms with Gasteiger partial charge in [-0.2, -0.15) is 0 Å². The van der Waals surface area contributed by atoms with E-state index in [4.69, 9.17) is 11.6 Å². The van der Waals surface area contributed by atoms with Gasteiger partial charge in [0.15, 0.2) is 0 Å². The second kappa shape index (κ2) is 7.59. The summed E-state index contributed by atoms with van der Waals surface area (Å²) in [5, 5.41) is 0. The van der Waals surface area contributed by atoms with Gasteiger partial charge in [0.25, 0.3) is 0 Å². The van der Waals surface area contributed by atoms with Gasteiger partial charge in [-0.05, 0) is 50.8 Å². The van der Waals surface area contributed by atoms with E-state index in [-0.39, 0.29) is 0 Å². The van der Waals surface area contributed by atoms with E-state index < -0.39 is 0 Å². The van der Waals surface area contributed by atoms with Crippen LogP contribution in [-0.4, -0.2) is 23.5 Å². The Kier molecular flexibility index (Phi) is 6.82. The molecule has 1 heterocycles. The Morgan fingerprint density at radius 1 is 1.35 bits per heavy atom. The number of nitrogens with zero attached hydrogens (tertiary/aromatic N) is 2. The molecule has 0 amide bonds. The van der Waals surface area contributed by atoms with Gasteiger partial charge in [-0.3, -0.25) is 0 Å². The number of aromatic nitrogens is 1. The molecule has 0 N–H and O–H groups in total. The Hall–Kier alpha value is 0.200. The lowest BCUT2D eigenvalue weighted by Crippen LogP contribution is -2.37. The molecule has 1 aromatic heterocycles. The van der Waals surface area contributed by atoms with Crippen LogP contribution in [0.15, 0.2) is 21.2 Å². The standard InChI is InChI=1S/C12H17Br2ClN2/c1-3-10(4-2)17(6-5-15)12-11(14)7-9(13)8-16-12/h7-8,10H,3-6H2,1-2H3. The Balaban J connectivity index is 3.03. The molecule has 5 heteroatoms. The zero-order chi connectivity index (χ0) is 12.8. The second-order valence-corrected chi connectivity index (χ2v) is 5.96. The number of alkyl halides is 1. The lowest BCUT2D eigenvalue weighted by molar-refractivity contribution is 0.562. The average Bonchev–Trinajstić information content (AvgIpc) is 2.30. The summed E-state index contributed by atoms with van der Waals surface area (Å²) in [6.45, 7) is 5.21. The zero-order valence-electron chi connectivity index (χ0n) is 10.1. The highest BCUT2D eigenvalue weighted by Gasteiger charge is 2.18. The Bertz CT molecular complexity index is 356. The highest BCUT2D eigenvalue weighted by Crippen LogP contribution is 2.29. The molecule has 0 fully saturated rings. The molecule has 0 unspecified atom stereocenters. The molecule has 0 saturated carbocycles. The number of pyridine rings is 1. The summed E-state index contributed by atoms with van der Waals surface area (Å²) in [4.78, 5) is 6.77. The molecular formula is C12H17Br2ClN2. The van der Waals surface area contributed by atoms with Gasteiger partial charge in [0.2, 0.25) is 0 Å². The van der Waals surface area contributed by atoms with Crippen molar-refractivity contribution >= 4 is 49.3 Å². The van der Waals surface area contributed by atoms with Crippen LogP contribution in [0.4, 0.5) is 5.82 Å². The monoisotopic (exact) mass is 382 g/mol. The molecule has 0 aromatic carbocycles. The van der Waals surface area contributed by atoms with Crippen molar-refractivity contribution in [3.05, 3.63) is 21.2 Å². The summed E-state index contributed by atoms with van der Waals surface area (Å²) in [6, 6.07) is 2.50. The number of halogens is 3. The van der Waals surface area contributed by atoms with Gasteiger partial charge in [0.05, 0.1) is 4.47 Å². The van der Waals surface area contributed by atoms with E-state index in [0.717, 1.165) is 34.1 Å². The number of hydrogen-bond acceptors (Lipinski definition) is 2. The first-order chi connectivity index (χ1) is 8.13. The van der Waals surface area contributed by atoms with Crippen molar-refractivity contribution in [1.82, 2.24) is 4.98 Å². The topological polar surface area (TPSA) is 16.1 Å². The molecular weight excluding hydrogens is 367 g/mol. The molecule has 0 spiro atoms. The van der Waals surface area contributed by atoms with Crippen molar-refractivity contribution in [2.75, 3.05) is 17.3 Å². The molecule has 0 aliphatic carbocycles. The van der Waals surface area contributed by atoms with Crippen molar-refractivity contribution < 1.29 is 0 Å². The van der Waals surface area contributed by atoms with E-state index in [1.54, 1.807) is 0 Å². The van der Waals surface area contributed by atoms with Crippen LogP contribution in [0.2, 0.25) is 0 Å². The van der Waals surface area contributed by atoms with Crippen molar-refractivity contribution in [3.63, 3.8) is 0 Å². The largest absolute Gasteiger partial charge is 0.352 e. The molecule has 17 heavy (non-hydrogen) atoms. The van der Waals surface area contributed by atoms with Gasteiger partial charge in [-0.15, -0.1) is 11.6 Å². The zero-order valence-corrected chi connectivity index (χ0v) is 14.0. The van der Waals surface area contributed by atoms with E-state index in [2.05, 4.69) is 55.6 Å². The fourth-order valence-corrected chi connectivity index (χ4v) is 3.30. The van der Waals surface area contributed by atoms with Gasteiger partial charge >= 0.3 is 0 Å². The van der Waals surface area contributed by atoms with Crippen LogP contribution in [-0.2, 0) is 0 Å². The molecule has 0 radical (unpaired) electrons. The van der Waals surface area contributed by atoms with Gasteiger partial charge in [-0.25, -0.2) is 4.98 Å². The van der Waals surface area contributed by atoms with Gasteiger partial charge in [-0.1, -0.05) is 13.8 Å². The molecule has 0 bridgehead atoms. The maximum atomic E-state index is 5.89. The minimum Gasteiger partial charge on any atom is -0.352 e. The Morgan fingerprint density at radius 3 is 2.47 bits per heavy atom. The van der Waals surface area contributed by atoms with Crippen molar-refractivity contribution in [2.24, 2.45) is 0 Å². The molecule has 0 atom stereocenters. The minimum atomic E-state index is 0.485. The van der Waals surface area contributed by atoms with Crippen LogP contribution >= 0.6 is 43.5 Å². The van der Waals surface area contributed by atoms with Crippen LogP contribution in [0.3, 0.4) is 0 Å². The lowest BCUT2D eigenvalue weighted by atomic mass is 10.1. The lowest BCUT2D eigenvalue weighted by Gasteiger charge is -2.31.